The van der Waals surface area contributed by atoms with E-state index in [1.807, 2.05) is 19.9 Å². The molecule has 1 heterocycles. The van der Waals surface area contributed by atoms with E-state index in [2.05, 4.69) is 13.8 Å². The molecule has 5 rings (SSSR count). The highest BCUT2D eigenvalue weighted by atomic mass is 32.2. The SMILES string of the molecule is C/C=C1/C[C@H](OC(=O)COS(=O)(=O)c2ccc(C)cc2)[C@]2(C)[C@H](C)C[C@]3(CCC4(OCCO4)[C@H]32)C[C@@H]1O. The van der Waals surface area contributed by atoms with Gasteiger partial charge in [-0.25, -0.2) is 4.79 Å². The van der Waals surface area contributed by atoms with Gasteiger partial charge >= 0.3 is 5.97 Å². The van der Waals surface area contributed by atoms with Crippen LogP contribution in [0.2, 0.25) is 0 Å². The fourth-order valence-corrected chi connectivity index (χ4v) is 8.75. The lowest BCUT2D eigenvalue weighted by atomic mass is 9.60. The van der Waals surface area contributed by atoms with Gasteiger partial charge in [-0.3, -0.25) is 4.18 Å². The molecule has 8 nitrogen and oxygen atoms in total. The van der Waals surface area contributed by atoms with Crippen LogP contribution in [0, 0.1) is 29.6 Å². The predicted molar refractivity (Wildman–Crippen MR) is 135 cm³/mol. The Kier molecular flexibility index (Phi) is 6.85. The first kappa shape index (κ1) is 26.8. The van der Waals surface area contributed by atoms with E-state index in [4.69, 9.17) is 18.4 Å². The second-order valence-corrected chi connectivity index (χ2v) is 13.2. The van der Waals surface area contributed by atoms with Crippen molar-refractivity contribution in [2.24, 2.45) is 22.7 Å². The van der Waals surface area contributed by atoms with Crippen LogP contribution in [0.3, 0.4) is 0 Å². The first-order valence-electron chi connectivity index (χ1n) is 13.2. The van der Waals surface area contributed by atoms with E-state index in [1.54, 1.807) is 12.1 Å². The fraction of sp³-hybridized carbons (Fsp3) is 0.679. The van der Waals surface area contributed by atoms with Crippen LogP contribution < -0.4 is 0 Å². The summed E-state index contributed by atoms with van der Waals surface area (Å²) >= 11 is 0. The summed E-state index contributed by atoms with van der Waals surface area (Å²) in [7, 11) is -4.11. The number of hydrogen-bond acceptors (Lipinski definition) is 8. The number of allylic oxidation sites excluding steroid dienone is 1. The van der Waals surface area contributed by atoms with Gasteiger partial charge in [0.1, 0.15) is 6.10 Å². The Hall–Kier alpha value is -1.78. The number of aliphatic hydroxyl groups excluding tert-OH is 1. The molecule has 0 unspecified atom stereocenters. The Bertz CT molecular complexity index is 1170. The summed E-state index contributed by atoms with van der Waals surface area (Å²) in [5.41, 5.74) is 1.06. The third-order valence-electron chi connectivity index (χ3n) is 9.63. The van der Waals surface area contributed by atoms with E-state index in [0.717, 1.165) is 30.4 Å². The van der Waals surface area contributed by atoms with Crippen molar-refractivity contribution < 1.29 is 36.7 Å². The number of aliphatic hydroxyl groups is 1. The van der Waals surface area contributed by atoms with Gasteiger partial charge in [-0.2, -0.15) is 8.42 Å². The molecule has 1 N–H and O–H groups in total. The van der Waals surface area contributed by atoms with Gasteiger partial charge in [-0.05, 0) is 62.1 Å². The normalized spacial score (nSPS) is 37.9. The molecule has 6 atom stereocenters. The first-order valence-corrected chi connectivity index (χ1v) is 14.6. The topological polar surface area (TPSA) is 108 Å². The highest BCUT2D eigenvalue weighted by molar-refractivity contribution is 7.86. The second kappa shape index (κ2) is 9.45. The molecule has 4 aliphatic rings. The molecule has 1 spiro atoms. The van der Waals surface area contributed by atoms with Gasteiger partial charge < -0.3 is 19.3 Å². The van der Waals surface area contributed by atoms with Crippen LogP contribution in [0.1, 0.15) is 58.4 Å². The van der Waals surface area contributed by atoms with Gasteiger partial charge in [0.25, 0.3) is 10.1 Å². The standard InChI is InChI=1S/C28H38O8S/c1-5-20-14-23(36-24(30)17-35-37(31,32)21-8-6-18(2)7-9-21)26(4)19(3)15-27(16-22(20)29)10-11-28(25(26)27)33-12-13-34-28/h5-9,19,22-23,25,29H,10-17H2,1-4H3/b20-5-/t19-,22+,23+,25+,26+,27-/m1/s1. The van der Waals surface area contributed by atoms with Crippen molar-refractivity contribution in [1.82, 2.24) is 0 Å². The summed E-state index contributed by atoms with van der Waals surface area (Å²) < 4.78 is 49.0. The molecule has 1 aromatic rings. The van der Waals surface area contributed by atoms with E-state index in [1.165, 1.54) is 12.1 Å². The van der Waals surface area contributed by atoms with Gasteiger partial charge in [0.2, 0.25) is 0 Å². The maximum atomic E-state index is 13.1. The Morgan fingerprint density at radius 2 is 1.84 bits per heavy atom. The van der Waals surface area contributed by atoms with Crippen molar-refractivity contribution in [3.05, 3.63) is 41.5 Å². The Morgan fingerprint density at radius 1 is 1.16 bits per heavy atom. The molecule has 37 heavy (non-hydrogen) atoms. The van der Waals surface area contributed by atoms with Gasteiger partial charge in [-0.15, -0.1) is 0 Å². The molecule has 1 aromatic carbocycles. The maximum absolute atomic E-state index is 13.1. The molecule has 1 aliphatic heterocycles. The van der Waals surface area contributed by atoms with E-state index in [-0.39, 0.29) is 22.1 Å². The Balaban J connectivity index is 1.42. The minimum absolute atomic E-state index is 0.0132. The molecule has 3 saturated carbocycles. The van der Waals surface area contributed by atoms with Gasteiger partial charge in [-0.1, -0.05) is 37.6 Å². The summed E-state index contributed by atoms with van der Waals surface area (Å²) in [6.45, 7) is 8.39. The van der Waals surface area contributed by atoms with Crippen molar-refractivity contribution in [2.45, 2.75) is 82.7 Å². The van der Waals surface area contributed by atoms with E-state index < -0.39 is 46.1 Å². The number of carbonyl (C=O) groups excluding carboxylic acids is 1. The third kappa shape index (κ3) is 4.36. The summed E-state index contributed by atoms with van der Waals surface area (Å²) in [5.74, 6) is -1.39. The number of hydrogen-bond donors (Lipinski definition) is 1. The maximum Gasteiger partial charge on any atom is 0.333 e. The second-order valence-electron chi connectivity index (χ2n) is 11.6. The predicted octanol–water partition coefficient (Wildman–Crippen LogP) is 3.90. The molecule has 1 saturated heterocycles. The zero-order chi connectivity index (χ0) is 26.6. The zero-order valence-corrected chi connectivity index (χ0v) is 22.9. The van der Waals surface area contributed by atoms with Crippen LogP contribution in [0.4, 0.5) is 0 Å². The van der Waals surface area contributed by atoms with Crippen LogP contribution in [0.25, 0.3) is 0 Å². The van der Waals surface area contributed by atoms with Gasteiger partial charge in [0.15, 0.2) is 12.4 Å². The van der Waals surface area contributed by atoms with Crippen LogP contribution in [0.5, 0.6) is 0 Å². The largest absolute Gasteiger partial charge is 0.460 e. The molecule has 3 aliphatic carbocycles. The van der Waals surface area contributed by atoms with Crippen LogP contribution in [-0.4, -0.2) is 57.3 Å². The molecular weight excluding hydrogens is 496 g/mol. The van der Waals surface area contributed by atoms with Crippen LogP contribution in [0.15, 0.2) is 40.8 Å². The summed E-state index contributed by atoms with van der Waals surface area (Å²) in [5, 5.41) is 11.3. The van der Waals surface area contributed by atoms with Crippen molar-refractivity contribution >= 4 is 16.1 Å². The minimum Gasteiger partial charge on any atom is -0.460 e. The highest BCUT2D eigenvalue weighted by Crippen LogP contribution is 2.73. The highest BCUT2D eigenvalue weighted by Gasteiger charge is 2.74. The molecule has 0 amide bonds. The number of carbonyl (C=O) groups is 1. The summed E-state index contributed by atoms with van der Waals surface area (Å²) in [6.07, 6.45) is 4.14. The number of aryl methyl sites for hydroxylation is 1. The van der Waals surface area contributed by atoms with E-state index in [0.29, 0.717) is 26.1 Å². The molecule has 204 valence electrons. The van der Waals surface area contributed by atoms with E-state index >= 15 is 0 Å². The number of esters is 1. The lowest BCUT2D eigenvalue weighted by Crippen LogP contribution is -2.55. The average Bonchev–Trinajstić information content (AvgIpc) is 3.50. The Morgan fingerprint density at radius 3 is 2.49 bits per heavy atom. The molecule has 2 bridgehead atoms. The van der Waals surface area contributed by atoms with Crippen molar-refractivity contribution in [2.75, 3.05) is 19.8 Å². The quantitative estimate of drug-likeness (QED) is 0.344. The smallest absolute Gasteiger partial charge is 0.333 e. The monoisotopic (exact) mass is 534 g/mol. The van der Waals surface area contributed by atoms with Crippen molar-refractivity contribution in [3.8, 4) is 0 Å². The fourth-order valence-electron chi connectivity index (χ4n) is 7.89. The first-order chi connectivity index (χ1) is 17.5. The molecule has 9 heteroatoms. The minimum atomic E-state index is -4.11. The third-order valence-corrected chi connectivity index (χ3v) is 10.9. The number of ether oxygens (including phenoxy) is 3. The summed E-state index contributed by atoms with van der Waals surface area (Å²) in [6, 6.07) is 6.25. The van der Waals surface area contributed by atoms with Gasteiger partial charge in [0.05, 0.1) is 24.2 Å². The number of rotatable bonds is 5. The molecule has 0 aromatic heterocycles. The Labute approximate surface area is 219 Å². The van der Waals surface area contributed by atoms with E-state index in [9.17, 15) is 18.3 Å². The number of benzene rings is 1. The van der Waals surface area contributed by atoms with Crippen molar-refractivity contribution in [1.29, 1.82) is 0 Å². The van der Waals surface area contributed by atoms with Crippen LogP contribution in [-0.2, 0) is 33.3 Å². The molecule has 0 radical (unpaired) electrons. The molecular formula is C28H38O8S. The molecule has 4 fully saturated rings. The lowest BCUT2D eigenvalue weighted by Gasteiger charge is -2.50. The van der Waals surface area contributed by atoms with Gasteiger partial charge in [0, 0.05) is 24.2 Å². The summed E-state index contributed by atoms with van der Waals surface area (Å²) in [4.78, 5) is 13.1. The average molecular weight is 535 g/mol. The zero-order valence-electron chi connectivity index (χ0n) is 22.1. The lowest BCUT2D eigenvalue weighted by molar-refractivity contribution is -0.235. The van der Waals surface area contributed by atoms with Crippen molar-refractivity contribution in [3.63, 3.8) is 0 Å². The van der Waals surface area contributed by atoms with Crippen LogP contribution >= 0.6 is 0 Å².